The Kier molecular flexibility index (Phi) is 7.05. The minimum atomic E-state index is -3.80. The zero-order valence-electron chi connectivity index (χ0n) is 16.7. The number of ether oxygens (including phenoxy) is 1. The molecular weight excluding hydrogens is 483 g/mol. The average Bonchev–Trinajstić information content (AvgIpc) is 3.16. The molecule has 164 valence electrons. The van der Waals surface area contributed by atoms with Crippen molar-refractivity contribution in [3.05, 3.63) is 52.5 Å². The minimum absolute atomic E-state index is 0.220. The molecular formula is C19H18Cl2N4O4S2. The largest absolute Gasteiger partial charge is 0.495 e. The first-order valence-corrected chi connectivity index (χ1v) is 12.3. The van der Waals surface area contributed by atoms with Gasteiger partial charge in [0.25, 0.3) is 0 Å². The zero-order chi connectivity index (χ0) is 22.8. The molecule has 0 aliphatic carbocycles. The zero-order valence-corrected chi connectivity index (χ0v) is 19.8. The molecule has 3 aromatic rings. The molecule has 2 aromatic carbocycles. The van der Waals surface area contributed by atoms with Crippen LogP contribution in [0, 0.1) is 0 Å². The fraction of sp³-hybridized carbons (Fsp3) is 0.211. The number of halogens is 2. The molecule has 1 N–H and O–H groups in total. The summed E-state index contributed by atoms with van der Waals surface area (Å²) in [6.07, 6.45) is 1.01. The molecule has 1 aromatic heterocycles. The molecule has 3 rings (SSSR count). The highest BCUT2D eigenvalue weighted by atomic mass is 35.5. The standard InChI is InChI=1S/C19H18Cl2N4O4S2/c1-11(25(31(3,27)28)14-8-9-16(29-2)15(21)10-14)17(26)22-19-24-23-18(30-19)12-4-6-13(20)7-5-12/h4-11H,1-3H3,(H,22,24,26)/t11-/m0/s1. The van der Waals surface area contributed by atoms with Crippen LogP contribution >= 0.6 is 34.5 Å². The van der Waals surface area contributed by atoms with Crippen LogP contribution < -0.4 is 14.4 Å². The summed E-state index contributed by atoms with van der Waals surface area (Å²) in [6, 6.07) is 10.4. The van der Waals surface area contributed by atoms with Gasteiger partial charge < -0.3 is 4.74 Å². The van der Waals surface area contributed by atoms with E-state index >= 15 is 0 Å². The number of hydrogen-bond donors (Lipinski definition) is 1. The van der Waals surface area contributed by atoms with Gasteiger partial charge in [0.05, 0.1) is 24.1 Å². The molecule has 1 heterocycles. The molecule has 0 saturated carbocycles. The molecule has 12 heteroatoms. The van der Waals surface area contributed by atoms with E-state index in [0.717, 1.165) is 27.5 Å². The Morgan fingerprint density at radius 1 is 1.16 bits per heavy atom. The van der Waals surface area contributed by atoms with Gasteiger partial charge in [-0.05, 0) is 37.3 Å². The van der Waals surface area contributed by atoms with Crippen LogP contribution in [0.4, 0.5) is 10.8 Å². The van der Waals surface area contributed by atoms with Crippen molar-refractivity contribution in [3.63, 3.8) is 0 Å². The number of carbonyl (C=O) groups is 1. The second-order valence-corrected chi connectivity index (χ2v) is 10.1. The lowest BCUT2D eigenvalue weighted by Gasteiger charge is -2.28. The van der Waals surface area contributed by atoms with E-state index in [1.807, 2.05) is 0 Å². The quantitative estimate of drug-likeness (QED) is 0.518. The molecule has 0 fully saturated rings. The van der Waals surface area contributed by atoms with E-state index in [1.165, 1.54) is 32.2 Å². The van der Waals surface area contributed by atoms with Gasteiger partial charge in [0.1, 0.15) is 16.8 Å². The Labute approximate surface area is 193 Å². The van der Waals surface area contributed by atoms with Gasteiger partial charge in [-0.15, -0.1) is 10.2 Å². The molecule has 8 nitrogen and oxygen atoms in total. The third-order valence-electron chi connectivity index (χ3n) is 4.22. The summed E-state index contributed by atoms with van der Waals surface area (Å²) in [5, 5.41) is 12.3. The first-order valence-electron chi connectivity index (χ1n) is 8.83. The first-order chi connectivity index (χ1) is 14.6. The Morgan fingerprint density at radius 3 is 2.42 bits per heavy atom. The number of benzene rings is 2. The molecule has 1 atom stereocenters. The predicted octanol–water partition coefficient (Wildman–Crippen LogP) is 4.31. The summed E-state index contributed by atoms with van der Waals surface area (Å²) >= 11 is 13.2. The fourth-order valence-electron chi connectivity index (χ4n) is 2.79. The van der Waals surface area contributed by atoms with Gasteiger partial charge in [0.2, 0.25) is 21.1 Å². The summed E-state index contributed by atoms with van der Waals surface area (Å²) in [5.41, 5.74) is 1.02. The lowest BCUT2D eigenvalue weighted by Crippen LogP contribution is -2.45. The lowest BCUT2D eigenvalue weighted by atomic mass is 10.2. The van der Waals surface area contributed by atoms with Crippen molar-refractivity contribution in [2.45, 2.75) is 13.0 Å². The van der Waals surface area contributed by atoms with Crippen LogP contribution in [0.25, 0.3) is 10.6 Å². The van der Waals surface area contributed by atoms with E-state index in [-0.39, 0.29) is 15.8 Å². The van der Waals surface area contributed by atoms with E-state index in [0.29, 0.717) is 15.8 Å². The molecule has 0 saturated heterocycles. The third-order valence-corrected chi connectivity index (χ3v) is 6.90. The Hall–Kier alpha value is -2.40. The third kappa shape index (κ3) is 5.45. The van der Waals surface area contributed by atoms with Crippen LogP contribution in [0.1, 0.15) is 6.92 Å². The maximum atomic E-state index is 12.8. The summed E-state index contributed by atoms with van der Waals surface area (Å²) in [4.78, 5) is 12.8. The molecule has 0 spiro atoms. The average molecular weight is 501 g/mol. The van der Waals surface area contributed by atoms with Crippen LogP contribution in [-0.4, -0.2) is 43.9 Å². The maximum absolute atomic E-state index is 12.8. The van der Waals surface area contributed by atoms with Gasteiger partial charge in [-0.25, -0.2) is 8.42 Å². The maximum Gasteiger partial charge on any atom is 0.249 e. The second-order valence-electron chi connectivity index (χ2n) is 6.46. The highest BCUT2D eigenvalue weighted by Gasteiger charge is 2.30. The number of nitrogens with zero attached hydrogens (tertiary/aromatic N) is 3. The molecule has 0 aliphatic heterocycles. The van der Waals surface area contributed by atoms with Crippen molar-refractivity contribution in [1.82, 2.24) is 10.2 Å². The van der Waals surface area contributed by atoms with Crippen LogP contribution in [0.5, 0.6) is 5.75 Å². The second kappa shape index (κ2) is 9.39. The van der Waals surface area contributed by atoms with E-state index in [2.05, 4.69) is 15.5 Å². The van der Waals surface area contributed by atoms with Gasteiger partial charge in [0, 0.05) is 10.6 Å². The summed E-state index contributed by atoms with van der Waals surface area (Å²) in [6.45, 7) is 1.47. The summed E-state index contributed by atoms with van der Waals surface area (Å²) in [7, 11) is -2.35. The number of amides is 1. The predicted molar refractivity (Wildman–Crippen MR) is 124 cm³/mol. The molecule has 0 unspecified atom stereocenters. The van der Waals surface area contributed by atoms with Crippen molar-refractivity contribution in [2.75, 3.05) is 23.0 Å². The van der Waals surface area contributed by atoms with Crippen LogP contribution in [-0.2, 0) is 14.8 Å². The Bertz CT molecular complexity index is 1200. The Morgan fingerprint density at radius 2 is 1.84 bits per heavy atom. The molecule has 0 aliphatic rings. The number of anilines is 2. The van der Waals surface area contributed by atoms with Gasteiger partial charge in [-0.1, -0.05) is 46.7 Å². The van der Waals surface area contributed by atoms with Gasteiger partial charge in [0.15, 0.2) is 0 Å². The topological polar surface area (TPSA) is 101 Å². The number of methoxy groups -OCH3 is 1. The van der Waals surface area contributed by atoms with E-state index in [4.69, 9.17) is 27.9 Å². The number of nitrogens with one attached hydrogen (secondary N) is 1. The smallest absolute Gasteiger partial charge is 0.249 e. The number of sulfonamides is 1. The normalized spacial score (nSPS) is 12.3. The Balaban J connectivity index is 1.82. The van der Waals surface area contributed by atoms with Crippen molar-refractivity contribution in [3.8, 4) is 16.3 Å². The van der Waals surface area contributed by atoms with E-state index in [1.54, 1.807) is 24.3 Å². The number of rotatable bonds is 7. The van der Waals surface area contributed by atoms with Crippen molar-refractivity contribution < 1.29 is 17.9 Å². The SMILES string of the molecule is COc1ccc(N([C@@H](C)C(=O)Nc2nnc(-c3ccc(Cl)cc3)s2)S(C)(=O)=O)cc1Cl. The monoisotopic (exact) mass is 500 g/mol. The fourth-order valence-corrected chi connectivity index (χ4v) is 5.09. The van der Waals surface area contributed by atoms with Crippen molar-refractivity contribution >= 4 is 61.3 Å². The molecule has 0 radical (unpaired) electrons. The molecule has 1 amide bonds. The number of aromatic nitrogens is 2. The minimum Gasteiger partial charge on any atom is -0.495 e. The summed E-state index contributed by atoms with van der Waals surface area (Å²) < 4.78 is 31.0. The van der Waals surface area contributed by atoms with Crippen molar-refractivity contribution in [1.29, 1.82) is 0 Å². The van der Waals surface area contributed by atoms with Crippen molar-refractivity contribution in [2.24, 2.45) is 0 Å². The molecule has 31 heavy (non-hydrogen) atoms. The van der Waals surface area contributed by atoms with Gasteiger partial charge >= 0.3 is 0 Å². The number of hydrogen-bond acceptors (Lipinski definition) is 7. The van der Waals surface area contributed by atoms with Gasteiger partial charge in [-0.2, -0.15) is 0 Å². The van der Waals surface area contributed by atoms with E-state index in [9.17, 15) is 13.2 Å². The first kappa shape index (κ1) is 23.3. The van der Waals surface area contributed by atoms with Crippen LogP contribution in [0.15, 0.2) is 42.5 Å². The number of carbonyl (C=O) groups excluding carboxylic acids is 1. The highest BCUT2D eigenvalue weighted by Crippen LogP contribution is 2.32. The van der Waals surface area contributed by atoms with E-state index < -0.39 is 22.0 Å². The summed E-state index contributed by atoms with van der Waals surface area (Å²) in [5.74, 6) is -0.185. The lowest BCUT2D eigenvalue weighted by molar-refractivity contribution is -0.116. The van der Waals surface area contributed by atoms with Crippen LogP contribution in [0.2, 0.25) is 10.0 Å². The van der Waals surface area contributed by atoms with Crippen LogP contribution in [0.3, 0.4) is 0 Å². The highest BCUT2D eigenvalue weighted by molar-refractivity contribution is 7.92. The van der Waals surface area contributed by atoms with Gasteiger partial charge in [-0.3, -0.25) is 14.4 Å². The molecule has 0 bridgehead atoms.